The van der Waals surface area contributed by atoms with Crippen molar-refractivity contribution in [2.24, 2.45) is 5.92 Å². The Morgan fingerprint density at radius 2 is 2.15 bits per heavy atom. The number of anilines is 1. The Balaban J connectivity index is 1.32. The first-order valence-electron chi connectivity index (χ1n) is 9.22. The molecule has 0 saturated carbocycles. The van der Waals surface area contributed by atoms with E-state index in [0.29, 0.717) is 12.6 Å². The van der Waals surface area contributed by atoms with E-state index in [2.05, 4.69) is 21.3 Å². The predicted molar refractivity (Wildman–Crippen MR) is 102 cm³/mol. The van der Waals surface area contributed by atoms with Crippen LogP contribution in [-0.2, 0) is 17.8 Å². The molecule has 0 aliphatic carbocycles. The first-order valence-corrected chi connectivity index (χ1v) is 10.1. The Labute approximate surface area is 156 Å². The van der Waals surface area contributed by atoms with Gasteiger partial charge < -0.3 is 14.2 Å². The maximum absolute atomic E-state index is 13.1. The number of fused-ring (bicyclic) bond motifs is 2. The van der Waals surface area contributed by atoms with Crippen molar-refractivity contribution in [3.05, 3.63) is 46.2 Å². The average molecular weight is 367 g/mol. The number of hydrogen-bond donors (Lipinski definition) is 0. The molecule has 0 radical (unpaired) electrons. The first-order chi connectivity index (χ1) is 12.8. The fourth-order valence-electron chi connectivity index (χ4n) is 4.04. The molecule has 1 atom stereocenters. The van der Waals surface area contributed by atoms with E-state index in [0.717, 1.165) is 50.0 Å². The number of oxazole rings is 1. The summed E-state index contributed by atoms with van der Waals surface area (Å²) in [5, 5.41) is 2.13. The molecular weight excluding hydrogens is 346 g/mol. The van der Waals surface area contributed by atoms with Gasteiger partial charge in [-0.25, -0.2) is 0 Å². The number of aromatic nitrogens is 1. The Kier molecular flexibility index (Phi) is 3.93. The molecule has 0 N–H and O–H groups in total. The molecule has 134 valence electrons. The molecule has 2 aliphatic rings. The van der Waals surface area contributed by atoms with Crippen molar-refractivity contribution in [1.29, 1.82) is 0 Å². The lowest BCUT2D eigenvalue weighted by Gasteiger charge is -2.35. The molecule has 1 fully saturated rings. The van der Waals surface area contributed by atoms with Gasteiger partial charge in [-0.1, -0.05) is 12.1 Å². The van der Waals surface area contributed by atoms with Gasteiger partial charge >= 0.3 is 0 Å². The number of carbonyl (C=O) groups excluding carboxylic acids is 1. The van der Waals surface area contributed by atoms with E-state index in [1.165, 1.54) is 10.4 Å². The molecule has 0 bridgehead atoms. The maximum atomic E-state index is 13.1. The summed E-state index contributed by atoms with van der Waals surface area (Å²) in [6.07, 6.45) is 2.93. The van der Waals surface area contributed by atoms with Crippen LogP contribution in [0.2, 0.25) is 0 Å². The normalized spacial score (nSPS) is 20.4. The van der Waals surface area contributed by atoms with E-state index in [1.807, 2.05) is 40.5 Å². The van der Waals surface area contributed by atoms with Crippen LogP contribution < -0.4 is 4.90 Å². The van der Waals surface area contributed by atoms with Gasteiger partial charge in [0.05, 0.1) is 5.92 Å². The monoisotopic (exact) mass is 367 g/mol. The minimum Gasteiger partial charge on any atom is -0.423 e. The number of para-hydroxylation sites is 2. The Morgan fingerprint density at radius 1 is 1.23 bits per heavy atom. The fourth-order valence-corrected chi connectivity index (χ4v) is 4.93. The van der Waals surface area contributed by atoms with E-state index < -0.39 is 0 Å². The average Bonchev–Trinajstić information content (AvgIpc) is 3.33. The van der Waals surface area contributed by atoms with E-state index in [1.54, 1.807) is 0 Å². The molecule has 1 amide bonds. The summed E-state index contributed by atoms with van der Waals surface area (Å²) in [5.41, 5.74) is 3.00. The number of hydrogen-bond acceptors (Lipinski definition) is 5. The number of rotatable bonds is 2. The molecule has 0 spiro atoms. The third-order valence-corrected chi connectivity index (χ3v) is 6.47. The zero-order valence-electron chi connectivity index (χ0n) is 14.6. The van der Waals surface area contributed by atoms with Crippen LogP contribution in [0.25, 0.3) is 11.1 Å². The molecule has 2 aromatic heterocycles. The van der Waals surface area contributed by atoms with Gasteiger partial charge in [-0.05, 0) is 48.4 Å². The molecule has 5 nitrogen and oxygen atoms in total. The molecule has 5 rings (SSSR count). The summed E-state index contributed by atoms with van der Waals surface area (Å²) in [4.78, 5) is 23.3. The second-order valence-corrected chi connectivity index (χ2v) is 8.13. The highest BCUT2D eigenvalue weighted by Gasteiger charge is 2.32. The van der Waals surface area contributed by atoms with Gasteiger partial charge in [-0.15, -0.1) is 11.3 Å². The highest BCUT2D eigenvalue weighted by molar-refractivity contribution is 7.10. The van der Waals surface area contributed by atoms with Gasteiger partial charge in [0, 0.05) is 31.1 Å². The highest BCUT2D eigenvalue weighted by Crippen LogP contribution is 2.29. The van der Waals surface area contributed by atoms with Gasteiger partial charge in [0.15, 0.2) is 5.58 Å². The second-order valence-electron chi connectivity index (χ2n) is 7.13. The molecule has 4 heterocycles. The summed E-state index contributed by atoms with van der Waals surface area (Å²) >= 11 is 1.81. The maximum Gasteiger partial charge on any atom is 0.298 e. The zero-order valence-corrected chi connectivity index (χ0v) is 15.4. The Hall–Kier alpha value is -2.34. The Morgan fingerprint density at radius 3 is 3.08 bits per heavy atom. The number of carbonyl (C=O) groups is 1. The van der Waals surface area contributed by atoms with E-state index in [4.69, 9.17) is 4.42 Å². The summed E-state index contributed by atoms with van der Waals surface area (Å²) in [7, 11) is 0. The molecule has 2 aliphatic heterocycles. The topological polar surface area (TPSA) is 49.6 Å². The molecule has 1 saturated heterocycles. The SMILES string of the molecule is O=C(C1CCCN(c2nc3ccccc3o2)C1)N1CCc2sccc2C1. The van der Waals surface area contributed by atoms with Crippen LogP contribution in [0.15, 0.2) is 40.1 Å². The zero-order chi connectivity index (χ0) is 17.5. The summed E-state index contributed by atoms with van der Waals surface area (Å²) < 4.78 is 5.91. The minimum atomic E-state index is 0.0268. The van der Waals surface area contributed by atoms with Crippen molar-refractivity contribution in [2.45, 2.75) is 25.8 Å². The number of thiophene rings is 1. The Bertz CT molecular complexity index is 914. The van der Waals surface area contributed by atoms with E-state index in [-0.39, 0.29) is 11.8 Å². The third-order valence-electron chi connectivity index (χ3n) is 5.44. The molecular formula is C20H21N3O2S. The molecule has 3 aromatic rings. The molecule has 6 heteroatoms. The van der Waals surface area contributed by atoms with Crippen molar-refractivity contribution in [1.82, 2.24) is 9.88 Å². The first kappa shape index (κ1) is 15.9. The quantitative estimate of drug-likeness (QED) is 0.693. The van der Waals surface area contributed by atoms with Crippen LogP contribution in [-0.4, -0.2) is 35.4 Å². The third kappa shape index (κ3) is 2.78. The van der Waals surface area contributed by atoms with Crippen molar-refractivity contribution >= 4 is 34.4 Å². The van der Waals surface area contributed by atoms with Crippen molar-refractivity contribution < 1.29 is 9.21 Å². The molecule has 26 heavy (non-hydrogen) atoms. The number of piperidine rings is 1. The van der Waals surface area contributed by atoms with Crippen LogP contribution >= 0.6 is 11.3 Å². The summed E-state index contributed by atoms with van der Waals surface area (Å²) in [6.45, 7) is 3.19. The summed E-state index contributed by atoms with van der Waals surface area (Å²) in [5.74, 6) is 0.307. The van der Waals surface area contributed by atoms with Crippen LogP contribution in [0.5, 0.6) is 0 Å². The molecule has 1 unspecified atom stereocenters. The van der Waals surface area contributed by atoms with Gasteiger partial charge in [0.25, 0.3) is 6.01 Å². The van der Waals surface area contributed by atoms with E-state index >= 15 is 0 Å². The lowest BCUT2D eigenvalue weighted by atomic mass is 9.95. The number of amides is 1. The smallest absolute Gasteiger partial charge is 0.298 e. The second kappa shape index (κ2) is 6.43. The van der Waals surface area contributed by atoms with Gasteiger partial charge in [-0.3, -0.25) is 4.79 Å². The minimum absolute atomic E-state index is 0.0268. The fraction of sp³-hybridized carbons (Fsp3) is 0.400. The standard InChI is InChI=1S/C20H21N3O2S/c24-19(22-10-7-18-14(12-22)8-11-26-18)15-4-3-9-23(13-15)20-21-16-5-1-2-6-17(16)25-20/h1-2,5-6,8,11,15H,3-4,7,9-10,12-13H2. The highest BCUT2D eigenvalue weighted by atomic mass is 32.1. The van der Waals surface area contributed by atoms with Crippen LogP contribution in [0.3, 0.4) is 0 Å². The van der Waals surface area contributed by atoms with E-state index in [9.17, 15) is 4.79 Å². The van der Waals surface area contributed by atoms with Crippen LogP contribution in [0.1, 0.15) is 23.3 Å². The lowest BCUT2D eigenvalue weighted by molar-refractivity contribution is -0.136. The largest absolute Gasteiger partial charge is 0.423 e. The lowest BCUT2D eigenvalue weighted by Crippen LogP contribution is -2.46. The van der Waals surface area contributed by atoms with Crippen LogP contribution in [0.4, 0.5) is 6.01 Å². The summed E-state index contributed by atoms with van der Waals surface area (Å²) in [6, 6.07) is 10.6. The van der Waals surface area contributed by atoms with Crippen molar-refractivity contribution in [3.8, 4) is 0 Å². The van der Waals surface area contributed by atoms with Gasteiger partial charge in [0.2, 0.25) is 5.91 Å². The van der Waals surface area contributed by atoms with Crippen molar-refractivity contribution in [3.63, 3.8) is 0 Å². The van der Waals surface area contributed by atoms with Gasteiger partial charge in [0.1, 0.15) is 5.52 Å². The number of benzene rings is 1. The van der Waals surface area contributed by atoms with Crippen molar-refractivity contribution in [2.75, 3.05) is 24.5 Å². The van der Waals surface area contributed by atoms with Gasteiger partial charge in [-0.2, -0.15) is 4.98 Å². The molecule has 1 aromatic carbocycles. The predicted octanol–water partition coefficient (Wildman–Crippen LogP) is 3.69. The number of nitrogens with zero attached hydrogens (tertiary/aromatic N) is 3. The van der Waals surface area contributed by atoms with Crippen LogP contribution in [0, 0.1) is 5.92 Å².